The Balaban J connectivity index is 2.05. The minimum Gasteiger partial charge on any atom is -0.390 e. The van der Waals surface area contributed by atoms with Crippen LogP contribution in [0.5, 0.6) is 0 Å². The summed E-state index contributed by atoms with van der Waals surface area (Å²) in [5.74, 6) is 0.399. The van der Waals surface area contributed by atoms with E-state index in [2.05, 4.69) is 0 Å². The summed E-state index contributed by atoms with van der Waals surface area (Å²) in [6.07, 6.45) is 1.14. The molecule has 3 N–H and O–H groups in total. The largest absolute Gasteiger partial charge is 0.390 e. The van der Waals surface area contributed by atoms with Crippen molar-refractivity contribution in [2.24, 2.45) is 11.8 Å². The number of hydrogen-bond acceptors (Lipinski definition) is 4. The van der Waals surface area contributed by atoms with Crippen molar-refractivity contribution in [3.8, 4) is 0 Å². The van der Waals surface area contributed by atoms with Gasteiger partial charge in [0.05, 0.1) is 17.5 Å². The maximum Gasteiger partial charge on any atom is 0.267 e. The molecule has 0 spiro atoms. The Bertz CT molecular complexity index is 352. The van der Waals surface area contributed by atoms with E-state index in [4.69, 9.17) is 4.55 Å². The van der Waals surface area contributed by atoms with Crippen LogP contribution in [-0.2, 0) is 10.1 Å². The van der Waals surface area contributed by atoms with Crippen molar-refractivity contribution in [3.63, 3.8) is 0 Å². The van der Waals surface area contributed by atoms with Gasteiger partial charge >= 0.3 is 0 Å². The molecule has 0 heterocycles. The fraction of sp³-hybridized carbons (Fsp3) is 1.00. The summed E-state index contributed by atoms with van der Waals surface area (Å²) in [4.78, 5) is 0. The van der Waals surface area contributed by atoms with Gasteiger partial charge in [-0.05, 0) is 43.9 Å². The molecule has 0 aromatic carbocycles. The maximum atomic E-state index is 11.1. The van der Waals surface area contributed by atoms with E-state index in [9.17, 15) is 18.6 Å². The van der Waals surface area contributed by atoms with Gasteiger partial charge in [-0.1, -0.05) is 0 Å². The van der Waals surface area contributed by atoms with E-state index in [-0.39, 0.29) is 11.8 Å². The molecule has 5 atom stereocenters. The molecule has 5 nitrogen and oxygen atoms in total. The van der Waals surface area contributed by atoms with Crippen LogP contribution in [0.25, 0.3) is 0 Å². The first-order valence-electron chi connectivity index (χ1n) is 5.70. The van der Waals surface area contributed by atoms with Crippen molar-refractivity contribution in [1.82, 2.24) is 0 Å². The van der Waals surface area contributed by atoms with Gasteiger partial charge in [0.2, 0.25) is 0 Å². The van der Waals surface area contributed by atoms with Crippen LogP contribution in [0.1, 0.15) is 32.1 Å². The van der Waals surface area contributed by atoms with Gasteiger partial charge in [-0.25, -0.2) is 0 Å². The third-order valence-corrected chi connectivity index (χ3v) is 5.32. The Morgan fingerprint density at radius 1 is 0.875 bits per heavy atom. The zero-order valence-electron chi connectivity index (χ0n) is 8.99. The first-order chi connectivity index (χ1) is 7.38. The second kappa shape index (κ2) is 4.25. The van der Waals surface area contributed by atoms with E-state index < -0.39 is 27.6 Å². The second-order valence-electron chi connectivity index (χ2n) is 5.08. The van der Waals surface area contributed by atoms with Gasteiger partial charge in [0.1, 0.15) is 0 Å². The SMILES string of the molecule is O=S(=O)(O)C1CCC2CC(O)C(O)CC2C1. The monoisotopic (exact) mass is 250 g/mol. The predicted octanol–water partition coefficient (Wildman–Crippen LogP) is 0.175. The molecule has 0 amide bonds. The molecule has 0 saturated heterocycles. The molecule has 0 radical (unpaired) electrons. The van der Waals surface area contributed by atoms with Crippen LogP contribution in [0, 0.1) is 11.8 Å². The van der Waals surface area contributed by atoms with Gasteiger partial charge in [-0.15, -0.1) is 0 Å². The average Bonchev–Trinajstić information content (AvgIpc) is 2.17. The quantitative estimate of drug-likeness (QED) is 0.577. The van der Waals surface area contributed by atoms with Crippen molar-refractivity contribution in [2.45, 2.75) is 49.6 Å². The Hall–Kier alpha value is -0.170. The van der Waals surface area contributed by atoms with Gasteiger partial charge in [0, 0.05) is 0 Å². The lowest BCUT2D eigenvalue weighted by Crippen LogP contribution is -2.43. The van der Waals surface area contributed by atoms with Crippen molar-refractivity contribution < 1.29 is 23.2 Å². The van der Waals surface area contributed by atoms with Crippen LogP contribution in [0.4, 0.5) is 0 Å². The standard InChI is InChI=1S/C10H18O5S/c11-9-4-6-1-2-8(16(13,14)15)3-7(6)5-10(9)12/h6-12H,1-5H2,(H,13,14,15). The third-order valence-electron chi connectivity index (χ3n) is 4.05. The van der Waals surface area contributed by atoms with Gasteiger partial charge in [0.25, 0.3) is 10.1 Å². The molecule has 0 aromatic rings. The highest BCUT2D eigenvalue weighted by Gasteiger charge is 2.41. The number of hydrogen-bond donors (Lipinski definition) is 3. The molecule has 2 aliphatic rings. The number of aliphatic hydroxyl groups is 2. The fourth-order valence-corrected chi connectivity index (χ4v) is 4.01. The van der Waals surface area contributed by atoms with Crippen LogP contribution in [0.3, 0.4) is 0 Å². The minimum atomic E-state index is -3.95. The summed E-state index contributed by atoms with van der Waals surface area (Å²) in [6.45, 7) is 0. The molecule has 2 fully saturated rings. The predicted molar refractivity (Wildman–Crippen MR) is 57.4 cm³/mol. The summed E-state index contributed by atoms with van der Waals surface area (Å²) >= 11 is 0. The van der Waals surface area contributed by atoms with Crippen molar-refractivity contribution in [1.29, 1.82) is 0 Å². The first-order valence-corrected chi connectivity index (χ1v) is 7.20. The topological polar surface area (TPSA) is 94.8 Å². The van der Waals surface area contributed by atoms with Gasteiger partial charge < -0.3 is 10.2 Å². The molecule has 16 heavy (non-hydrogen) atoms. The molecule has 2 saturated carbocycles. The molecule has 0 aliphatic heterocycles. The zero-order chi connectivity index (χ0) is 11.9. The normalized spacial score (nSPS) is 45.1. The molecule has 5 unspecified atom stereocenters. The molecule has 6 heteroatoms. The van der Waals surface area contributed by atoms with E-state index in [0.717, 1.165) is 0 Å². The molecular formula is C10H18O5S. The van der Waals surface area contributed by atoms with Crippen LogP contribution < -0.4 is 0 Å². The Morgan fingerprint density at radius 3 is 2.00 bits per heavy atom. The van der Waals surface area contributed by atoms with E-state index in [1.54, 1.807) is 0 Å². The van der Waals surface area contributed by atoms with Crippen LogP contribution in [0.15, 0.2) is 0 Å². The van der Waals surface area contributed by atoms with Gasteiger partial charge in [0.15, 0.2) is 0 Å². The molecule has 0 bridgehead atoms. The number of fused-ring (bicyclic) bond motifs is 1. The second-order valence-corrected chi connectivity index (χ2v) is 6.77. The number of aliphatic hydroxyl groups excluding tert-OH is 2. The first kappa shape index (κ1) is 12.3. The summed E-state index contributed by atoms with van der Waals surface area (Å²) in [5, 5.41) is 18.4. The zero-order valence-corrected chi connectivity index (χ0v) is 9.81. The van der Waals surface area contributed by atoms with Gasteiger partial charge in [-0.2, -0.15) is 8.42 Å². The highest BCUT2D eigenvalue weighted by molar-refractivity contribution is 7.86. The Labute approximate surface area is 95.2 Å². The third kappa shape index (κ3) is 2.40. The van der Waals surface area contributed by atoms with Crippen molar-refractivity contribution in [2.75, 3.05) is 0 Å². The lowest BCUT2D eigenvalue weighted by atomic mass is 9.69. The van der Waals surface area contributed by atoms with Gasteiger partial charge in [-0.3, -0.25) is 4.55 Å². The maximum absolute atomic E-state index is 11.1. The molecule has 94 valence electrons. The Morgan fingerprint density at radius 2 is 1.44 bits per heavy atom. The van der Waals surface area contributed by atoms with E-state index in [0.29, 0.717) is 32.1 Å². The fourth-order valence-electron chi connectivity index (χ4n) is 3.09. The van der Waals surface area contributed by atoms with Crippen LogP contribution in [0.2, 0.25) is 0 Å². The van der Waals surface area contributed by atoms with Crippen molar-refractivity contribution in [3.05, 3.63) is 0 Å². The highest BCUT2D eigenvalue weighted by atomic mass is 32.2. The lowest BCUT2D eigenvalue weighted by Gasteiger charge is -2.42. The molecular weight excluding hydrogens is 232 g/mol. The van der Waals surface area contributed by atoms with Crippen molar-refractivity contribution >= 4 is 10.1 Å². The minimum absolute atomic E-state index is 0.110. The molecule has 2 rings (SSSR count). The number of rotatable bonds is 1. The molecule has 0 aromatic heterocycles. The summed E-state index contributed by atoms with van der Waals surface area (Å²) in [6, 6.07) is 0. The summed E-state index contributed by atoms with van der Waals surface area (Å²) in [7, 11) is -3.95. The van der Waals surface area contributed by atoms with Crippen LogP contribution >= 0.6 is 0 Å². The van der Waals surface area contributed by atoms with E-state index in [1.807, 2.05) is 0 Å². The van der Waals surface area contributed by atoms with E-state index in [1.165, 1.54) is 0 Å². The van der Waals surface area contributed by atoms with Crippen LogP contribution in [-0.4, -0.2) is 40.6 Å². The lowest BCUT2D eigenvalue weighted by molar-refractivity contribution is -0.0563. The smallest absolute Gasteiger partial charge is 0.267 e. The highest BCUT2D eigenvalue weighted by Crippen LogP contribution is 2.42. The average molecular weight is 250 g/mol. The summed E-state index contributed by atoms with van der Waals surface area (Å²) in [5.41, 5.74) is 0. The molecule has 2 aliphatic carbocycles. The van der Waals surface area contributed by atoms with E-state index >= 15 is 0 Å². The summed E-state index contributed by atoms with van der Waals surface area (Å²) < 4.78 is 31.1. The Kier molecular flexibility index (Phi) is 3.27.